The summed E-state index contributed by atoms with van der Waals surface area (Å²) in [5.41, 5.74) is 0.925. The van der Waals surface area contributed by atoms with Gasteiger partial charge in [0, 0.05) is 31.9 Å². The van der Waals surface area contributed by atoms with Gasteiger partial charge in [0.05, 0.1) is 11.8 Å². The third kappa shape index (κ3) is 4.23. The van der Waals surface area contributed by atoms with E-state index in [4.69, 9.17) is 0 Å². The molecule has 0 N–H and O–H groups in total. The summed E-state index contributed by atoms with van der Waals surface area (Å²) in [4.78, 5) is 44.9. The van der Waals surface area contributed by atoms with Crippen LogP contribution < -0.4 is 4.90 Å². The van der Waals surface area contributed by atoms with Crippen LogP contribution in [0.5, 0.6) is 0 Å². The van der Waals surface area contributed by atoms with Gasteiger partial charge in [0.25, 0.3) is 0 Å². The fourth-order valence-electron chi connectivity index (χ4n) is 4.94. The van der Waals surface area contributed by atoms with Gasteiger partial charge in [-0.1, -0.05) is 26.0 Å². The molecule has 4 rings (SSSR count). The van der Waals surface area contributed by atoms with Gasteiger partial charge in [-0.05, 0) is 49.4 Å². The molecule has 7 heteroatoms. The number of halogens is 1. The fourth-order valence-corrected chi connectivity index (χ4v) is 4.94. The molecule has 3 aliphatic rings. The van der Waals surface area contributed by atoms with Gasteiger partial charge in [0.2, 0.25) is 17.7 Å². The minimum atomic E-state index is -0.733. The maximum Gasteiger partial charge on any atom is 0.246 e. The quantitative estimate of drug-likeness (QED) is 0.536. The van der Waals surface area contributed by atoms with E-state index in [1.165, 1.54) is 17.0 Å². The van der Waals surface area contributed by atoms with E-state index in [2.05, 4.69) is 4.90 Å². The number of carbonyl (C=O) groups excluding carboxylic acids is 3. The van der Waals surface area contributed by atoms with E-state index in [1.54, 1.807) is 17.0 Å². The maximum atomic E-state index is 13.5. The van der Waals surface area contributed by atoms with E-state index in [-0.39, 0.29) is 41.3 Å². The third-order valence-corrected chi connectivity index (χ3v) is 6.62. The summed E-state index contributed by atoms with van der Waals surface area (Å²) in [6.45, 7) is 6.29. The van der Waals surface area contributed by atoms with Crippen molar-refractivity contribution in [3.8, 4) is 0 Å². The molecule has 31 heavy (non-hydrogen) atoms. The molecule has 0 aromatic heterocycles. The van der Waals surface area contributed by atoms with Gasteiger partial charge in [-0.25, -0.2) is 4.39 Å². The molecule has 6 nitrogen and oxygen atoms in total. The Kier molecular flexibility index (Phi) is 6.12. The first-order valence-electron chi connectivity index (χ1n) is 11.2. The third-order valence-electron chi connectivity index (χ3n) is 6.62. The first kappa shape index (κ1) is 21.5. The Hall–Kier alpha value is -2.70. The van der Waals surface area contributed by atoms with E-state index in [9.17, 15) is 18.8 Å². The van der Waals surface area contributed by atoms with Crippen molar-refractivity contribution in [1.29, 1.82) is 0 Å². The normalized spacial score (nSPS) is 24.7. The van der Waals surface area contributed by atoms with Gasteiger partial charge >= 0.3 is 0 Å². The molecule has 0 bridgehead atoms. The minimum Gasteiger partial charge on any atom is -0.368 e. The molecular formula is C24H30FN3O3. The van der Waals surface area contributed by atoms with E-state index < -0.39 is 6.04 Å². The average molecular weight is 428 g/mol. The zero-order valence-electron chi connectivity index (χ0n) is 18.2. The second-order valence-electron chi connectivity index (χ2n) is 9.14. The van der Waals surface area contributed by atoms with Crippen molar-refractivity contribution in [2.45, 2.75) is 39.2 Å². The van der Waals surface area contributed by atoms with E-state index in [0.29, 0.717) is 45.4 Å². The van der Waals surface area contributed by atoms with Crippen LogP contribution in [0.2, 0.25) is 0 Å². The molecule has 166 valence electrons. The van der Waals surface area contributed by atoms with E-state index >= 15 is 0 Å². The van der Waals surface area contributed by atoms with Gasteiger partial charge in [-0.2, -0.15) is 0 Å². The number of allylic oxidation sites excluding steroid dienone is 2. The zero-order valence-corrected chi connectivity index (χ0v) is 18.2. The van der Waals surface area contributed by atoms with Crippen molar-refractivity contribution in [1.82, 2.24) is 9.80 Å². The summed E-state index contributed by atoms with van der Waals surface area (Å²) in [5.74, 6) is -1.27. The van der Waals surface area contributed by atoms with Gasteiger partial charge < -0.3 is 9.80 Å². The van der Waals surface area contributed by atoms with Crippen molar-refractivity contribution >= 4 is 23.4 Å². The molecule has 0 unspecified atom stereocenters. The molecule has 3 atom stereocenters. The number of piperazine rings is 1. The molecule has 2 saturated heterocycles. The largest absolute Gasteiger partial charge is 0.368 e. The van der Waals surface area contributed by atoms with Crippen molar-refractivity contribution in [3.05, 3.63) is 42.2 Å². The van der Waals surface area contributed by atoms with Crippen LogP contribution in [0, 0.1) is 23.6 Å². The highest BCUT2D eigenvalue weighted by molar-refractivity contribution is 6.08. The second-order valence-corrected chi connectivity index (χ2v) is 9.14. The predicted octanol–water partition coefficient (Wildman–Crippen LogP) is 2.84. The van der Waals surface area contributed by atoms with Crippen LogP contribution in [0.4, 0.5) is 10.1 Å². The second kappa shape index (κ2) is 8.81. The van der Waals surface area contributed by atoms with Crippen molar-refractivity contribution in [3.63, 3.8) is 0 Å². The Balaban J connectivity index is 1.47. The smallest absolute Gasteiger partial charge is 0.246 e. The first-order valence-corrected chi connectivity index (χ1v) is 11.2. The summed E-state index contributed by atoms with van der Waals surface area (Å²) < 4.78 is 13.2. The maximum absolute atomic E-state index is 13.5. The molecule has 1 aromatic carbocycles. The lowest BCUT2D eigenvalue weighted by atomic mass is 9.85. The van der Waals surface area contributed by atoms with Crippen LogP contribution in [0.25, 0.3) is 0 Å². The number of benzene rings is 1. The topological polar surface area (TPSA) is 60.9 Å². The number of likely N-dealkylation sites (tertiary alicyclic amines) is 1. The van der Waals surface area contributed by atoms with Crippen molar-refractivity contribution in [2.24, 2.45) is 17.8 Å². The number of hydrogen-bond donors (Lipinski definition) is 0. The van der Waals surface area contributed by atoms with E-state index in [1.807, 2.05) is 26.0 Å². The Morgan fingerprint density at radius 1 is 0.968 bits per heavy atom. The van der Waals surface area contributed by atoms with Crippen LogP contribution in [-0.4, -0.2) is 59.7 Å². The number of rotatable bonds is 5. The minimum absolute atomic E-state index is 0.138. The molecule has 0 spiro atoms. The first-order chi connectivity index (χ1) is 14.9. The fraction of sp³-hybridized carbons (Fsp3) is 0.542. The number of imide groups is 1. The lowest BCUT2D eigenvalue weighted by molar-refractivity contribution is -0.152. The van der Waals surface area contributed by atoms with Crippen LogP contribution >= 0.6 is 0 Å². The SMILES string of the molecule is CC(C)C[C@@H](C(=O)N1CCN(c2ccc(F)cc2)CC1)N1C(=O)[C@H]2CC=CC[C@H]2C1=O. The highest BCUT2D eigenvalue weighted by Crippen LogP contribution is 2.37. The molecule has 1 aromatic rings. The zero-order chi connectivity index (χ0) is 22.1. The Morgan fingerprint density at radius 3 is 2.03 bits per heavy atom. The molecule has 0 saturated carbocycles. The molecule has 1 aliphatic carbocycles. The van der Waals surface area contributed by atoms with Gasteiger partial charge in [0.1, 0.15) is 11.9 Å². The van der Waals surface area contributed by atoms with Gasteiger partial charge in [0.15, 0.2) is 0 Å². The van der Waals surface area contributed by atoms with Crippen molar-refractivity contribution in [2.75, 3.05) is 31.1 Å². The van der Waals surface area contributed by atoms with E-state index in [0.717, 1.165) is 5.69 Å². The Morgan fingerprint density at radius 2 is 1.52 bits per heavy atom. The number of hydrogen-bond acceptors (Lipinski definition) is 4. The summed E-state index contributed by atoms with van der Waals surface area (Å²) in [5, 5.41) is 0. The molecular weight excluding hydrogens is 397 g/mol. The highest BCUT2D eigenvalue weighted by atomic mass is 19.1. The summed E-state index contributed by atoms with van der Waals surface area (Å²) in [6.07, 6.45) is 5.55. The summed E-state index contributed by atoms with van der Waals surface area (Å²) in [6, 6.07) is 5.62. The Bertz CT molecular complexity index is 849. The monoisotopic (exact) mass is 427 g/mol. The summed E-state index contributed by atoms with van der Waals surface area (Å²) >= 11 is 0. The highest BCUT2D eigenvalue weighted by Gasteiger charge is 2.51. The van der Waals surface area contributed by atoms with Gasteiger partial charge in [-0.3, -0.25) is 19.3 Å². The molecule has 2 aliphatic heterocycles. The van der Waals surface area contributed by atoms with Crippen LogP contribution in [0.3, 0.4) is 0 Å². The lowest BCUT2D eigenvalue weighted by Gasteiger charge is -2.39. The standard InChI is InChI=1S/C24H30FN3O3/c1-16(2)15-21(28-22(29)19-5-3-4-6-20(19)23(28)30)24(31)27-13-11-26(12-14-27)18-9-7-17(25)8-10-18/h3-4,7-10,16,19-21H,5-6,11-15H2,1-2H3/t19-,20+,21-/m0/s1. The molecule has 2 fully saturated rings. The number of carbonyl (C=O) groups is 3. The van der Waals surface area contributed by atoms with Crippen LogP contribution in [-0.2, 0) is 14.4 Å². The molecule has 2 heterocycles. The number of nitrogens with zero attached hydrogens (tertiary/aromatic N) is 3. The average Bonchev–Trinajstić information content (AvgIpc) is 3.02. The van der Waals surface area contributed by atoms with Crippen LogP contribution in [0.1, 0.15) is 33.1 Å². The molecule has 3 amide bonds. The number of amides is 3. The molecule has 0 radical (unpaired) electrons. The number of fused-ring (bicyclic) bond motifs is 1. The van der Waals surface area contributed by atoms with Gasteiger partial charge in [-0.15, -0.1) is 0 Å². The summed E-state index contributed by atoms with van der Waals surface area (Å²) in [7, 11) is 0. The Labute approximate surface area is 182 Å². The lowest BCUT2D eigenvalue weighted by Crippen LogP contribution is -2.56. The van der Waals surface area contributed by atoms with Crippen LogP contribution in [0.15, 0.2) is 36.4 Å². The number of anilines is 1. The van der Waals surface area contributed by atoms with Crippen molar-refractivity contribution < 1.29 is 18.8 Å². The predicted molar refractivity (Wildman–Crippen MR) is 116 cm³/mol.